The fourth-order valence-electron chi connectivity index (χ4n) is 3.13. The molecule has 3 N–H and O–H groups in total. The van der Waals surface area contributed by atoms with Crippen molar-refractivity contribution in [2.45, 2.75) is 13.1 Å². The van der Waals surface area contributed by atoms with Crippen molar-refractivity contribution in [3.05, 3.63) is 109 Å². The Labute approximate surface area is 198 Å². The molecule has 4 rings (SSSR count). The Morgan fingerprint density at radius 3 is 2.42 bits per heavy atom. The smallest absolute Gasteiger partial charge is 0.349 e. The molecule has 0 radical (unpaired) electrons. The lowest BCUT2D eigenvalue weighted by Gasteiger charge is -2.14. The fourth-order valence-corrected chi connectivity index (χ4v) is 3.68. The van der Waals surface area contributed by atoms with Crippen LogP contribution in [-0.2, 0) is 13.1 Å². The average Bonchev–Trinajstić information content (AvgIpc) is 2.79. The summed E-state index contributed by atoms with van der Waals surface area (Å²) >= 11 is 12.7. The molecule has 0 aliphatic rings. The van der Waals surface area contributed by atoms with Gasteiger partial charge < -0.3 is 15.2 Å². The summed E-state index contributed by atoms with van der Waals surface area (Å²) in [5.74, 6) is 0.715. The number of rotatable bonds is 7. The summed E-state index contributed by atoms with van der Waals surface area (Å²) in [5.41, 5.74) is 0.676. The van der Waals surface area contributed by atoms with Crippen molar-refractivity contribution in [3.8, 4) is 22.9 Å². The predicted molar refractivity (Wildman–Crippen MR) is 126 cm³/mol. The van der Waals surface area contributed by atoms with Crippen LogP contribution in [0.3, 0.4) is 0 Å². The maximum Gasteiger partial charge on any atom is 0.349 e. The average molecular weight is 485 g/mol. The van der Waals surface area contributed by atoms with Crippen LogP contribution in [0.1, 0.15) is 11.1 Å². The first-order valence-corrected chi connectivity index (χ1v) is 10.6. The van der Waals surface area contributed by atoms with Crippen molar-refractivity contribution in [1.82, 2.24) is 20.1 Å². The maximum absolute atomic E-state index is 12.0. The van der Waals surface area contributed by atoms with E-state index in [-0.39, 0.29) is 27.2 Å². The molecular weight excluding hydrogens is 467 g/mol. The third-order valence-corrected chi connectivity index (χ3v) is 5.26. The topological polar surface area (TPSA) is 109 Å². The monoisotopic (exact) mass is 484 g/mol. The Morgan fingerprint density at radius 1 is 1.00 bits per heavy atom. The van der Waals surface area contributed by atoms with Crippen molar-refractivity contribution < 1.29 is 9.84 Å². The van der Waals surface area contributed by atoms with Crippen molar-refractivity contribution >= 4 is 23.2 Å². The standard InChI is InChI=1S/C23H18Cl2N4O4/c24-18-9-16(29-23(32)28-21(31)13-27-29)10-19(25)22(18)33-17-6-7-20(30)15(8-17)12-26-11-14-4-2-1-3-5-14/h1-10,13,26,30H,11-12H2,(H,28,31,32). The molecule has 4 aromatic rings. The number of nitrogens with zero attached hydrogens (tertiary/aromatic N) is 2. The molecule has 0 saturated heterocycles. The Bertz CT molecular complexity index is 1380. The van der Waals surface area contributed by atoms with E-state index >= 15 is 0 Å². The number of ether oxygens (including phenoxy) is 1. The summed E-state index contributed by atoms with van der Waals surface area (Å²) in [6.07, 6.45) is 0.970. The summed E-state index contributed by atoms with van der Waals surface area (Å²) in [4.78, 5) is 25.3. The largest absolute Gasteiger partial charge is 0.508 e. The van der Waals surface area contributed by atoms with E-state index in [2.05, 4.69) is 15.4 Å². The van der Waals surface area contributed by atoms with Gasteiger partial charge >= 0.3 is 5.69 Å². The first kappa shape index (κ1) is 22.6. The van der Waals surface area contributed by atoms with Gasteiger partial charge in [-0.2, -0.15) is 9.78 Å². The molecule has 0 saturated carbocycles. The lowest BCUT2D eigenvalue weighted by molar-refractivity contribution is 0.454. The van der Waals surface area contributed by atoms with E-state index in [1.807, 2.05) is 30.3 Å². The molecule has 0 spiro atoms. The van der Waals surface area contributed by atoms with Gasteiger partial charge in [0.2, 0.25) is 0 Å². The third-order valence-electron chi connectivity index (χ3n) is 4.70. The van der Waals surface area contributed by atoms with E-state index in [0.717, 1.165) is 16.4 Å². The fraction of sp³-hybridized carbons (Fsp3) is 0.0870. The Kier molecular flexibility index (Phi) is 6.79. The number of halogens is 2. The van der Waals surface area contributed by atoms with E-state index in [1.54, 1.807) is 12.1 Å². The second kappa shape index (κ2) is 9.91. The zero-order valence-corrected chi connectivity index (χ0v) is 18.6. The molecule has 0 atom stereocenters. The lowest BCUT2D eigenvalue weighted by Crippen LogP contribution is -2.30. The normalized spacial score (nSPS) is 10.8. The van der Waals surface area contributed by atoms with Gasteiger partial charge in [-0.05, 0) is 35.9 Å². The molecule has 8 nitrogen and oxygen atoms in total. The number of nitrogens with one attached hydrogen (secondary N) is 2. The lowest BCUT2D eigenvalue weighted by atomic mass is 10.1. The Hall–Kier alpha value is -3.59. The first-order chi connectivity index (χ1) is 15.9. The van der Waals surface area contributed by atoms with Crippen LogP contribution in [0.25, 0.3) is 5.69 Å². The number of hydrogen-bond donors (Lipinski definition) is 3. The van der Waals surface area contributed by atoms with Gasteiger partial charge in [0, 0.05) is 18.7 Å². The molecule has 0 unspecified atom stereocenters. The summed E-state index contributed by atoms with van der Waals surface area (Å²) < 4.78 is 6.83. The number of H-pyrrole nitrogens is 1. The van der Waals surface area contributed by atoms with Crippen LogP contribution in [0.4, 0.5) is 0 Å². The van der Waals surface area contributed by atoms with Crippen molar-refractivity contribution in [2.24, 2.45) is 0 Å². The van der Waals surface area contributed by atoms with E-state index in [9.17, 15) is 14.7 Å². The van der Waals surface area contributed by atoms with Gasteiger partial charge in [0.25, 0.3) is 5.56 Å². The number of benzene rings is 3. The summed E-state index contributed by atoms with van der Waals surface area (Å²) in [6, 6.07) is 17.6. The number of phenols is 1. The highest BCUT2D eigenvalue weighted by Crippen LogP contribution is 2.38. The summed E-state index contributed by atoms with van der Waals surface area (Å²) in [7, 11) is 0. The van der Waals surface area contributed by atoms with Crippen LogP contribution in [-0.4, -0.2) is 19.9 Å². The number of hydrogen-bond acceptors (Lipinski definition) is 6. The van der Waals surface area contributed by atoms with Gasteiger partial charge in [-0.25, -0.2) is 4.79 Å². The molecule has 3 aromatic carbocycles. The van der Waals surface area contributed by atoms with E-state index in [1.165, 1.54) is 18.2 Å². The second-order valence-electron chi connectivity index (χ2n) is 7.07. The molecule has 0 aliphatic heterocycles. The van der Waals surface area contributed by atoms with Gasteiger partial charge in [0.1, 0.15) is 17.7 Å². The molecule has 0 amide bonds. The third kappa shape index (κ3) is 5.43. The maximum atomic E-state index is 12.0. The number of aromatic amines is 1. The SMILES string of the molecule is O=c1cnn(-c2cc(Cl)c(Oc3ccc(O)c(CNCc4ccccc4)c3)c(Cl)c2)c(=O)[nH]1. The van der Waals surface area contributed by atoms with Crippen LogP contribution < -0.4 is 21.3 Å². The van der Waals surface area contributed by atoms with E-state index in [0.29, 0.717) is 24.4 Å². The van der Waals surface area contributed by atoms with Crippen molar-refractivity contribution in [2.75, 3.05) is 0 Å². The van der Waals surface area contributed by atoms with Crippen LogP contribution in [0, 0.1) is 0 Å². The molecule has 1 heterocycles. The minimum absolute atomic E-state index is 0.124. The van der Waals surface area contributed by atoms with Crippen LogP contribution >= 0.6 is 23.2 Å². The molecule has 0 fully saturated rings. The highest BCUT2D eigenvalue weighted by atomic mass is 35.5. The second-order valence-corrected chi connectivity index (χ2v) is 7.89. The number of aromatic nitrogens is 3. The van der Waals surface area contributed by atoms with E-state index in [4.69, 9.17) is 27.9 Å². The molecule has 168 valence electrons. The van der Waals surface area contributed by atoms with Crippen LogP contribution in [0.15, 0.2) is 76.4 Å². The molecule has 0 aliphatic carbocycles. The van der Waals surface area contributed by atoms with Gasteiger partial charge in [0.05, 0.1) is 15.7 Å². The number of aromatic hydroxyl groups is 1. The summed E-state index contributed by atoms with van der Waals surface area (Å²) in [6.45, 7) is 1.06. The first-order valence-electron chi connectivity index (χ1n) is 9.83. The van der Waals surface area contributed by atoms with Gasteiger partial charge in [-0.15, -0.1) is 0 Å². The molecule has 0 bridgehead atoms. The molecule has 1 aromatic heterocycles. The van der Waals surface area contributed by atoms with Crippen molar-refractivity contribution in [3.63, 3.8) is 0 Å². The highest BCUT2D eigenvalue weighted by molar-refractivity contribution is 6.37. The zero-order valence-electron chi connectivity index (χ0n) is 17.1. The minimum Gasteiger partial charge on any atom is -0.508 e. The van der Waals surface area contributed by atoms with Gasteiger partial charge in [-0.3, -0.25) is 9.78 Å². The highest BCUT2D eigenvalue weighted by Gasteiger charge is 2.14. The summed E-state index contributed by atoms with van der Waals surface area (Å²) in [5, 5.41) is 17.5. The van der Waals surface area contributed by atoms with Gasteiger partial charge in [0.15, 0.2) is 5.75 Å². The van der Waals surface area contributed by atoms with Crippen LogP contribution in [0.5, 0.6) is 17.2 Å². The minimum atomic E-state index is -0.727. The Morgan fingerprint density at radius 2 is 1.73 bits per heavy atom. The zero-order chi connectivity index (χ0) is 23.4. The van der Waals surface area contributed by atoms with Crippen LogP contribution in [0.2, 0.25) is 10.0 Å². The quantitative estimate of drug-likeness (QED) is 0.365. The molecule has 10 heteroatoms. The van der Waals surface area contributed by atoms with Gasteiger partial charge in [-0.1, -0.05) is 53.5 Å². The van der Waals surface area contributed by atoms with Crippen molar-refractivity contribution in [1.29, 1.82) is 0 Å². The predicted octanol–water partition coefficient (Wildman–Crippen LogP) is 4.02. The molecule has 33 heavy (non-hydrogen) atoms. The Balaban J connectivity index is 1.53. The van der Waals surface area contributed by atoms with E-state index < -0.39 is 11.2 Å². The number of phenolic OH excluding ortho intramolecular Hbond substituents is 1. The molecular formula is C23H18Cl2N4O4.